The van der Waals surface area contributed by atoms with Gasteiger partial charge in [-0.3, -0.25) is 14.4 Å². The molecule has 0 radical (unpaired) electrons. The molecule has 1 aliphatic rings. The number of carbonyl (C=O) groups is 3. The fourth-order valence-electron chi connectivity index (χ4n) is 1.89. The smallest absolute Gasteiger partial charge is 0.303 e. The fourth-order valence-corrected chi connectivity index (χ4v) is 1.99. The maximum absolute atomic E-state index is 11.2. The molecule has 4 atom stereocenters. The van der Waals surface area contributed by atoms with Gasteiger partial charge in [-0.2, -0.15) is 4.99 Å². The molecular formula is C12H15NO7S. The van der Waals surface area contributed by atoms with Gasteiger partial charge in [0.2, 0.25) is 0 Å². The largest absolute Gasteiger partial charge is 0.456 e. The van der Waals surface area contributed by atoms with E-state index < -0.39 is 42.4 Å². The molecule has 0 spiro atoms. The van der Waals surface area contributed by atoms with Crippen LogP contribution >= 0.6 is 12.2 Å². The third-order valence-electron chi connectivity index (χ3n) is 2.50. The molecule has 1 unspecified atom stereocenters. The van der Waals surface area contributed by atoms with E-state index in [2.05, 4.69) is 22.4 Å². The third-order valence-corrected chi connectivity index (χ3v) is 2.61. The summed E-state index contributed by atoms with van der Waals surface area (Å²) < 4.78 is 20.5. The number of ether oxygens (including phenoxy) is 4. The van der Waals surface area contributed by atoms with Gasteiger partial charge in [0, 0.05) is 20.8 Å². The highest BCUT2D eigenvalue weighted by atomic mass is 32.1. The lowest BCUT2D eigenvalue weighted by molar-refractivity contribution is -0.224. The van der Waals surface area contributed by atoms with Crippen LogP contribution in [0.3, 0.4) is 0 Å². The van der Waals surface area contributed by atoms with Crippen LogP contribution in [0.15, 0.2) is 4.99 Å². The summed E-state index contributed by atoms with van der Waals surface area (Å²) in [6.45, 7) is 3.48. The van der Waals surface area contributed by atoms with E-state index in [9.17, 15) is 14.4 Å². The molecule has 1 saturated heterocycles. The number of aliphatic imine (C=N–C) groups is 1. The van der Waals surface area contributed by atoms with Crippen LogP contribution in [0.4, 0.5) is 0 Å². The number of carbonyl (C=O) groups excluding carboxylic acids is 3. The second-order valence-corrected chi connectivity index (χ2v) is 4.42. The van der Waals surface area contributed by atoms with Gasteiger partial charge in [0.05, 0.1) is 11.8 Å². The van der Waals surface area contributed by atoms with Crippen molar-refractivity contribution in [3.63, 3.8) is 0 Å². The first-order chi connectivity index (χ1) is 9.85. The summed E-state index contributed by atoms with van der Waals surface area (Å²) in [5.74, 6) is -1.84. The van der Waals surface area contributed by atoms with Gasteiger partial charge in [-0.25, -0.2) is 0 Å². The minimum atomic E-state index is -1.08. The predicted octanol–water partition coefficient (Wildman–Crippen LogP) is 0.241. The van der Waals surface area contributed by atoms with Crippen LogP contribution in [0.1, 0.15) is 20.8 Å². The van der Waals surface area contributed by atoms with Crippen molar-refractivity contribution in [2.24, 2.45) is 4.99 Å². The zero-order valence-corrected chi connectivity index (χ0v) is 12.5. The molecule has 0 amide bonds. The summed E-state index contributed by atoms with van der Waals surface area (Å²) in [5.41, 5.74) is 0. The molecule has 8 nitrogen and oxygen atoms in total. The molecule has 0 aromatic rings. The Morgan fingerprint density at radius 2 is 1.57 bits per heavy atom. The van der Waals surface area contributed by atoms with Crippen LogP contribution in [0.25, 0.3) is 0 Å². The highest BCUT2D eigenvalue weighted by molar-refractivity contribution is 7.78. The molecule has 0 saturated carbocycles. The maximum atomic E-state index is 11.2. The summed E-state index contributed by atoms with van der Waals surface area (Å²) in [5, 5.41) is 2.11. The summed E-state index contributed by atoms with van der Waals surface area (Å²) in [7, 11) is 0. The van der Waals surface area contributed by atoms with Gasteiger partial charge >= 0.3 is 17.9 Å². The van der Waals surface area contributed by atoms with Crippen molar-refractivity contribution in [3.8, 4) is 0 Å². The van der Waals surface area contributed by atoms with E-state index in [0.717, 1.165) is 0 Å². The average molecular weight is 317 g/mol. The second kappa shape index (κ2) is 7.82. The zero-order valence-electron chi connectivity index (χ0n) is 11.7. The van der Waals surface area contributed by atoms with Crippen LogP contribution in [-0.2, 0) is 33.3 Å². The SMILES string of the molecule is CC(=O)O[C@H]1[C@H](OC(C)=O)C(N=C=S)OC[C@H]1OC(C)=O. The van der Waals surface area contributed by atoms with Crippen molar-refractivity contribution < 1.29 is 33.3 Å². The van der Waals surface area contributed by atoms with Gasteiger partial charge in [0.15, 0.2) is 24.5 Å². The van der Waals surface area contributed by atoms with E-state index in [-0.39, 0.29) is 6.61 Å². The summed E-state index contributed by atoms with van der Waals surface area (Å²) in [4.78, 5) is 37.3. The molecule has 0 bridgehead atoms. The molecular weight excluding hydrogens is 302 g/mol. The van der Waals surface area contributed by atoms with E-state index >= 15 is 0 Å². The van der Waals surface area contributed by atoms with Crippen molar-refractivity contribution >= 4 is 35.3 Å². The van der Waals surface area contributed by atoms with Crippen molar-refractivity contribution in [3.05, 3.63) is 0 Å². The number of rotatable bonds is 4. The Labute approximate surface area is 126 Å². The lowest BCUT2D eigenvalue weighted by Crippen LogP contribution is -2.56. The lowest BCUT2D eigenvalue weighted by atomic mass is 10.0. The Bertz CT molecular complexity index is 474. The normalized spacial score (nSPS) is 28.0. The summed E-state index contributed by atoms with van der Waals surface area (Å²) in [6.07, 6.45) is -4.02. The molecule has 1 aliphatic heterocycles. The standard InChI is InChI=1S/C12H15NO7S/c1-6(14)18-9-4-17-12(13-5-21)11(20-8(3)16)10(9)19-7(2)15/h9-12H,4H2,1-3H3/t9-,10-,11+,12?/m1/s1. The first kappa shape index (κ1) is 17.2. The van der Waals surface area contributed by atoms with Crippen LogP contribution < -0.4 is 0 Å². The van der Waals surface area contributed by atoms with Crippen molar-refractivity contribution in [2.75, 3.05) is 6.61 Å². The molecule has 9 heteroatoms. The van der Waals surface area contributed by atoms with Gasteiger partial charge in [0.1, 0.15) is 0 Å². The summed E-state index contributed by atoms with van der Waals surface area (Å²) in [6, 6.07) is 0. The predicted molar refractivity (Wildman–Crippen MR) is 71.4 cm³/mol. The first-order valence-electron chi connectivity index (χ1n) is 6.05. The molecule has 1 rings (SSSR count). The molecule has 21 heavy (non-hydrogen) atoms. The molecule has 116 valence electrons. The molecule has 1 fully saturated rings. The Morgan fingerprint density at radius 3 is 2.05 bits per heavy atom. The van der Waals surface area contributed by atoms with Gasteiger partial charge in [-0.1, -0.05) is 0 Å². The number of nitrogens with zero attached hydrogens (tertiary/aromatic N) is 1. The van der Waals surface area contributed by atoms with Crippen LogP contribution in [0, 0.1) is 0 Å². The summed E-state index contributed by atoms with van der Waals surface area (Å²) >= 11 is 4.49. The maximum Gasteiger partial charge on any atom is 0.303 e. The number of esters is 3. The number of isothiocyanates is 1. The highest BCUT2D eigenvalue weighted by Crippen LogP contribution is 2.24. The number of thiocarbonyl (C=S) groups is 1. The Balaban J connectivity index is 3.05. The Morgan fingerprint density at radius 1 is 1.05 bits per heavy atom. The van der Waals surface area contributed by atoms with E-state index in [4.69, 9.17) is 18.9 Å². The lowest BCUT2D eigenvalue weighted by Gasteiger charge is -2.38. The van der Waals surface area contributed by atoms with E-state index in [1.807, 2.05) is 0 Å². The first-order valence-corrected chi connectivity index (χ1v) is 6.46. The molecule has 0 N–H and O–H groups in total. The average Bonchev–Trinajstić information content (AvgIpc) is 2.35. The molecule has 1 heterocycles. The molecule has 0 aromatic heterocycles. The molecule has 0 aliphatic carbocycles. The van der Waals surface area contributed by atoms with Crippen molar-refractivity contribution in [1.82, 2.24) is 0 Å². The van der Waals surface area contributed by atoms with Crippen molar-refractivity contribution in [2.45, 2.75) is 45.3 Å². The minimum absolute atomic E-state index is 0.0829. The number of hydrogen-bond donors (Lipinski definition) is 0. The van der Waals surface area contributed by atoms with E-state index in [1.54, 1.807) is 0 Å². The zero-order chi connectivity index (χ0) is 16.0. The highest BCUT2D eigenvalue weighted by Gasteiger charge is 2.46. The van der Waals surface area contributed by atoms with Gasteiger partial charge in [-0.05, 0) is 12.2 Å². The van der Waals surface area contributed by atoms with E-state index in [0.29, 0.717) is 0 Å². The van der Waals surface area contributed by atoms with Gasteiger partial charge < -0.3 is 18.9 Å². The fraction of sp³-hybridized carbons (Fsp3) is 0.667. The quantitative estimate of drug-likeness (QED) is 0.314. The monoisotopic (exact) mass is 317 g/mol. The number of hydrogen-bond acceptors (Lipinski definition) is 9. The Kier molecular flexibility index (Phi) is 6.41. The van der Waals surface area contributed by atoms with E-state index in [1.165, 1.54) is 20.8 Å². The topological polar surface area (TPSA) is 100 Å². The minimum Gasteiger partial charge on any atom is -0.456 e. The molecule has 0 aromatic carbocycles. The van der Waals surface area contributed by atoms with Crippen molar-refractivity contribution in [1.29, 1.82) is 0 Å². The second-order valence-electron chi connectivity index (χ2n) is 4.24. The third kappa shape index (κ3) is 5.22. The van der Waals surface area contributed by atoms with Crippen LogP contribution in [-0.4, -0.2) is 54.2 Å². The van der Waals surface area contributed by atoms with Gasteiger partial charge in [0.25, 0.3) is 0 Å². The Hall–Kier alpha value is -1.83. The van der Waals surface area contributed by atoms with Crippen LogP contribution in [0.5, 0.6) is 0 Å². The van der Waals surface area contributed by atoms with Gasteiger partial charge in [-0.15, -0.1) is 0 Å². The van der Waals surface area contributed by atoms with Crippen LogP contribution in [0.2, 0.25) is 0 Å².